The zero-order chi connectivity index (χ0) is 13.0. The Morgan fingerprint density at radius 1 is 1.06 bits per heavy atom. The Morgan fingerprint density at radius 3 is 2.44 bits per heavy atom. The number of anilines is 1. The Morgan fingerprint density at radius 2 is 1.78 bits per heavy atom. The third-order valence-corrected chi connectivity index (χ3v) is 2.80. The van der Waals surface area contributed by atoms with Crippen molar-refractivity contribution in [3.63, 3.8) is 0 Å². The molecule has 1 heterocycles. The molecule has 2 aromatic rings. The van der Waals surface area contributed by atoms with E-state index in [-0.39, 0.29) is 0 Å². The van der Waals surface area contributed by atoms with E-state index < -0.39 is 11.6 Å². The first kappa shape index (κ1) is 13.0. The van der Waals surface area contributed by atoms with Gasteiger partial charge in [-0.05, 0) is 46.1 Å². The SMILES string of the molecule is Fc1cc(F)cc(CCNc2cncc(Br)c2)c1. The van der Waals surface area contributed by atoms with Crippen LogP contribution in [0.1, 0.15) is 5.56 Å². The van der Waals surface area contributed by atoms with Crippen molar-refractivity contribution in [2.24, 2.45) is 0 Å². The van der Waals surface area contributed by atoms with Crippen LogP contribution in [0.15, 0.2) is 41.1 Å². The van der Waals surface area contributed by atoms with Gasteiger partial charge < -0.3 is 5.32 Å². The molecule has 0 aliphatic heterocycles. The predicted octanol–water partition coefficient (Wildman–Crippen LogP) is 3.78. The summed E-state index contributed by atoms with van der Waals surface area (Å²) in [6.45, 7) is 0.584. The molecule has 18 heavy (non-hydrogen) atoms. The molecule has 2 rings (SSSR count). The summed E-state index contributed by atoms with van der Waals surface area (Å²) in [4.78, 5) is 4.01. The second kappa shape index (κ2) is 5.91. The highest BCUT2D eigenvalue weighted by Gasteiger charge is 2.01. The van der Waals surface area contributed by atoms with E-state index in [9.17, 15) is 8.78 Å². The van der Waals surface area contributed by atoms with Crippen LogP contribution >= 0.6 is 15.9 Å². The van der Waals surface area contributed by atoms with Gasteiger partial charge in [0.15, 0.2) is 0 Å². The Bertz CT molecular complexity index is 526. The van der Waals surface area contributed by atoms with E-state index in [4.69, 9.17) is 0 Å². The van der Waals surface area contributed by atoms with Crippen LogP contribution in [0.3, 0.4) is 0 Å². The summed E-state index contributed by atoms with van der Waals surface area (Å²) in [6.07, 6.45) is 3.92. The molecule has 1 aromatic heterocycles. The van der Waals surface area contributed by atoms with Crippen molar-refractivity contribution in [1.29, 1.82) is 0 Å². The number of aromatic nitrogens is 1. The Hall–Kier alpha value is -1.49. The molecule has 0 amide bonds. The Labute approximate surface area is 112 Å². The lowest BCUT2D eigenvalue weighted by molar-refractivity contribution is 0.580. The van der Waals surface area contributed by atoms with Crippen LogP contribution < -0.4 is 5.32 Å². The van der Waals surface area contributed by atoms with Gasteiger partial charge in [-0.1, -0.05) is 0 Å². The third-order valence-electron chi connectivity index (χ3n) is 2.37. The first-order valence-electron chi connectivity index (χ1n) is 5.43. The number of nitrogens with one attached hydrogen (secondary N) is 1. The first-order chi connectivity index (χ1) is 8.63. The van der Waals surface area contributed by atoms with Crippen molar-refractivity contribution in [2.45, 2.75) is 6.42 Å². The molecule has 0 fully saturated rings. The summed E-state index contributed by atoms with van der Waals surface area (Å²) in [5.41, 5.74) is 1.49. The van der Waals surface area contributed by atoms with Crippen molar-refractivity contribution in [3.05, 3.63) is 58.3 Å². The average molecular weight is 313 g/mol. The minimum absolute atomic E-state index is 0.543. The fourth-order valence-electron chi connectivity index (χ4n) is 1.61. The van der Waals surface area contributed by atoms with Crippen LogP contribution in [-0.2, 0) is 6.42 Å². The van der Waals surface area contributed by atoms with Crippen LogP contribution in [0.2, 0.25) is 0 Å². The zero-order valence-electron chi connectivity index (χ0n) is 9.46. The number of pyridine rings is 1. The summed E-state index contributed by atoms with van der Waals surface area (Å²) in [6, 6.07) is 5.43. The van der Waals surface area contributed by atoms with Gasteiger partial charge in [0.05, 0.1) is 11.9 Å². The van der Waals surface area contributed by atoms with Crippen LogP contribution in [-0.4, -0.2) is 11.5 Å². The van der Waals surface area contributed by atoms with Crippen molar-refractivity contribution in [3.8, 4) is 0 Å². The van der Waals surface area contributed by atoms with Crippen LogP contribution in [0.4, 0.5) is 14.5 Å². The number of rotatable bonds is 4. The maximum atomic E-state index is 13.0. The predicted molar refractivity (Wildman–Crippen MR) is 70.5 cm³/mol. The van der Waals surface area contributed by atoms with Crippen molar-refractivity contribution >= 4 is 21.6 Å². The molecule has 0 bridgehead atoms. The first-order valence-corrected chi connectivity index (χ1v) is 6.22. The summed E-state index contributed by atoms with van der Waals surface area (Å²) >= 11 is 3.32. The summed E-state index contributed by atoms with van der Waals surface area (Å²) in [5.74, 6) is -1.09. The molecule has 0 spiro atoms. The van der Waals surface area contributed by atoms with Crippen LogP contribution in [0.25, 0.3) is 0 Å². The molecule has 0 atom stereocenters. The quantitative estimate of drug-likeness (QED) is 0.929. The molecule has 0 radical (unpaired) electrons. The van der Waals surface area contributed by atoms with E-state index in [1.165, 1.54) is 12.1 Å². The third kappa shape index (κ3) is 3.77. The van der Waals surface area contributed by atoms with Crippen molar-refractivity contribution in [2.75, 3.05) is 11.9 Å². The van der Waals surface area contributed by atoms with Gasteiger partial charge in [-0.3, -0.25) is 4.98 Å². The average Bonchev–Trinajstić information content (AvgIpc) is 2.27. The monoisotopic (exact) mass is 312 g/mol. The number of hydrogen-bond acceptors (Lipinski definition) is 2. The van der Waals surface area contributed by atoms with Crippen LogP contribution in [0, 0.1) is 11.6 Å². The second-order valence-electron chi connectivity index (χ2n) is 3.85. The van der Waals surface area contributed by atoms with Gasteiger partial charge in [-0.25, -0.2) is 8.78 Å². The second-order valence-corrected chi connectivity index (χ2v) is 4.76. The highest BCUT2D eigenvalue weighted by atomic mass is 79.9. The largest absolute Gasteiger partial charge is 0.383 e. The maximum absolute atomic E-state index is 13.0. The van der Waals surface area contributed by atoms with Gasteiger partial charge in [-0.15, -0.1) is 0 Å². The molecule has 5 heteroatoms. The van der Waals surface area contributed by atoms with Gasteiger partial charge in [0.2, 0.25) is 0 Å². The molecule has 0 unspecified atom stereocenters. The molecule has 94 valence electrons. The van der Waals surface area contributed by atoms with E-state index in [1.54, 1.807) is 12.4 Å². The van der Waals surface area contributed by atoms with Crippen molar-refractivity contribution < 1.29 is 8.78 Å². The number of halogens is 3. The molecular weight excluding hydrogens is 302 g/mol. The lowest BCUT2D eigenvalue weighted by Crippen LogP contribution is -2.05. The van der Waals surface area contributed by atoms with Gasteiger partial charge in [0.25, 0.3) is 0 Å². The Balaban J connectivity index is 1.92. The molecule has 1 N–H and O–H groups in total. The van der Waals surface area contributed by atoms with E-state index >= 15 is 0 Å². The van der Waals surface area contributed by atoms with Crippen LogP contribution in [0.5, 0.6) is 0 Å². The number of nitrogens with zero attached hydrogens (tertiary/aromatic N) is 1. The zero-order valence-corrected chi connectivity index (χ0v) is 11.0. The Kier molecular flexibility index (Phi) is 4.25. The maximum Gasteiger partial charge on any atom is 0.126 e. The topological polar surface area (TPSA) is 24.9 Å². The molecule has 0 saturated carbocycles. The molecule has 2 nitrogen and oxygen atoms in total. The van der Waals surface area contributed by atoms with Gasteiger partial charge in [-0.2, -0.15) is 0 Å². The smallest absolute Gasteiger partial charge is 0.126 e. The lowest BCUT2D eigenvalue weighted by atomic mass is 10.1. The number of benzene rings is 1. The normalized spacial score (nSPS) is 10.4. The molecule has 1 aromatic carbocycles. The highest BCUT2D eigenvalue weighted by molar-refractivity contribution is 9.10. The minimum atomic E-state index is -0.547. The van der Waals surface area contributed by atoms with E-state index in [0.29, 0.717) is 18.5 Å². The molecule has 0 aliphatic rings. The molecule has 0 saturated heterocycles. The van der Waals surface area contributed by atoms with Gasteiger partial charge in [0, 0.05) is 23.3 Å². The summed E-state index contributed by atoms with van der Waals surface area (Å²) < 4.78 is 26.8. The number of hydrogen-bond donors (Lipinski definition) is 1. The van der Waals surface area contributed by atoms with E-state index in [1.807, 2.05) is 6.07 Å². The summed E-state index contributed by atoms with van der Waals surface area (Å²) in [7, 11) is 0. The minimum Gasteiger partial charge on any atom is -0.383 e. The summed E-state index contributed by atoms with van der Waals surface area (Å²) in [5, 5.41) is 3.14. The van der Waals surface area contributed by atoms with Gasteiger partial charge in [0.1, 0.15) is 11.6 Å². The van der Waals surface area contributed by atoms with Crippen molar-refractivity contribution in [1.82, 2.24) is 4.98 Å². The fraction of sp³-hybridized carbons (Fsp3) is 0.154. The standard InChI is InChI=1S/C13H11BrF2N2/c14-10-5-13(8-17-7-10)18-2-1-9-3-11(15)6-12(16)4-9/h3-8,18H,1-2H2. The molecule has 0 aliphatic carbocycles. The fourth-order valence-corrected chi connectivity index (χ4v) is 1.98. The lowest BCUT2D eigenvalue weighted by Gasteiger charge is -2.06. The van der Waals surface area contributed by atoms with E-state index in [0.717, 1.165) is 16.2 Å². The van der Waals surface area contributed by atoms with E-state index in [2.05, 4.69) is 26.2 Å². The molecular formula is C13H11BrF2N2. The van der Waals surface area contributed by atoms with Gasteiger partial charge >= 0.3 is 0 Å². The highest BCUT2D eigenvalue weighted by Crippen LogP contribution is 2.14.